The van der Waals surface area contributed by atoms with E-state index >= 15 is 0 Å². The normalized spacial score (nSPS) is 11.5. The van der Waals surface area contributed by atoms with Crippen molar-refractivity contribution in [1.29, 1.82) is 0 Å². The Hall–Kier alpha value is -7.17. The van der Waals surface area contributed by atoms with Crippen molar-refractivity contribution in [3.8, 4) is 28.2 Å². The first kappa shape index (κ1) is 43.5. The fraction of sp³-hybridized carbons (Fsp3) is 0.170. The smallest absolute Gasteiger partial charge is 0.338 e. The molecular weight excluding hydrogens is 859 g/mol. The van der Waals surface area contributed by atoms with E-state index in [4.69, 9.17) is 32.4 Å². The fourth-order valence-electron chi connectivity index (χ4n) is 7.56. The van der Waals surface area contributed by atoms with E-state index in [-0.39, 0.29) is 117 Å². The second-order valence-corrected chi connectivity index (χ2v) is 15.5. The van der Waals surface area contributed by atoms with Crippen molar-refractivity contribution in [1.82, 2.24) is 39.7 Å². The second-order valence-electron chi connectivity index (χ2n) is 14.7. The number of carboxylic acid groups (broad SMARTS) is 1. The number of esters is 1. The predicted octanol–water partition coefficient (Wildman–Crippen LogP) is 8.23. The van der Waals surface area contributed by atoms with Crippen LogP contribution in [0.25, 0.3) is 33.4 Å². The SMILES string of the molecule is CCOC(=O)c1ccc(C(=O)O)c(-c2c3cc(Cl)c(=O)c(CN(Cc4ccccn4)Cc4cnccn4)c-3oc3c(CN(Cc4ccccn4)Cc4cnccn4)c(O)c(Cl)cc23)c1. The summed E-state index contributed by atoms with van der Waals surface area (Å²) in [7, 11) is 0. The first-order chi connectivity index (χ1) is 31.1. The van der Waals surface area contributed by atoms with Crippen LogP contribution in [-0.2, 0) is 44.0 Å². The van der Waals surface area contributed by atoms with E-state index in [9.17, 15) is 24.6 Å². The van der Waals surface area contributed by atoms with Gasteiger partial charge in [0.25, 0.3) is 0 Å². The Balaban J connectivity index is 1.41. The molecule has 5 heterocycles. The summed E-state index contributed by atoms with van der Waals surface area (Å²) in [4.78, 5) is 71.2. The Bertz CT molecular complexity index is 2900. The number of carboxylic acids is 1. The summed E-state index contributed by atoms with van der Waals surface area (Å²) in [5.74, 6) is -2.26. The van der Waals surface area contributed by atoms with E-state index in [2.05, 4.69) is 29.9 Å². The highest BCUT2D eigenvalue weighted by atomic mass is 35.5. The third kappa shape index (κ3) is 9.57. The van der Waals surface area contributed by atoms with Crippen LogP contribution in [0.2, 0.25) is 10.0 Å². The Morgan fingerprint density at radius 1 is 0.688 bits per heavy atom. The summed E-state index contributed by atoms with van der Waals surface area (Å²) < 4.78 is 12.2. The van der Waals surface area contributed by atoms with Crippen LogP contribution < -0.4 is 5.43 Å². The van der Waals surface area contributed by atoms with Gasteiger partial charge in [0.1, 0.15) is 17.1 Å². The van der Waals surface area contributed by atoms with Gasteiger partial charge in [-0.05, 0) is 67.1 Å². The number of fused-ring (bicyclic) bond motifs is 2. The Labute approximate surface area is 376 Å². The van der Waals surface area contributed by atoms with Crippen LogP contribution in [0, 0.1) is 0 Å². The van der Waals surface area contributed by atoms with E-state index in [1.165, 1.54) is 30.3 Å². The molecule has 0 bridgehead atoms. The van der Waals surface area contributed by atoms with Crippen LogP contribution in [0.4, 0.5) is 0 Å². The maximum Gasteiger partial charge on any atom is 0.338 e. The van der Waals surface area contributed by atoms with E-state index < -0.39 is 17.4 Å². The Morgan fingerprint density at radius 3 is 1.83 bits per heavy atom. The molecular formula is C47H38Cl2N8O7. The highest BCUT2D eigenvalue weighted by Gasteiger charge is 2.31. The van der Waals surface area contributed by atoms with Gasteiger partial charge in [-0.1, -0.05) is 35.3 Å². The maximum atomic E-state index is 14.5. The number of aromatic nitrogens is 6. The van der Waals surface area contributed by atoms with E-state index in [0.717, 1.165) is 0 Å². The molecule has 4 aromatic heterocycles. The van der Waals surface area contributed by atoms with Crippen molar-refractivity contribution >= 4 is 46.1 Å². The molecule has 0 unspecified atom stereocenters. The Morgan fingerprint density at radius 2 is 1.28 bits per heavy atom. The maximum absolute atomic E-state index is 14.5. The van der Waals surface area contributed by atoms with Gasteiger partial charge in [0, 0.05) is 105 Å². The number of carbonyl (C=O) groups is 2. The van der Waals surface area contributed by atoms with Gasteiger partial charge in [-0.3, -0.25) is 44.5 Å². The quantitative estimate of drug-likeness (QED) is 0.0694. The number of phenolic OH excluding ortho intramolecular Hbond substituents is 1. The molecule has 6 aromatic rings. The lowest BCUT2D eigenvalue weighted by Gasteiger charge is -2.26. The molecule has 2 aromatic carbocycles. The highest BCUT2D eigenvalue weighted by Crippen LogP contribution is 2.48. The van der Waals surface area contributed by atoms with Crippen LogP contribution in [0.5, 0.6) is 5.75 Å². The highest BCUT2D eigenvalue weighted by molar-refractivity contribution is 6.33. The zero-order valence-electron chi connectivity index (χ0n) is 34.2. The van der Waals surface area contributed by atoms with Gasteiger partial charge in [0.05, 0.1) is 61.7 Å². The summed E-state index contributed by atoms with van der Waals surface area (Å²) in [5.41, 5.74) is 2.94. The van der Waals surface area contributed by atoms with Gasteiger partial charge in [-0.2, -0.15) is 0 Å². The average molecular weight is 898 g/mol. The van der Waals surface area contributed by atoms with Gasteiger partial charge >= 0.3 is 11.9 Å². The minimum Gasteiger partial charge on any atom is -0.506 e. The van der Waals surface area contributed by atoms with Crippen molar-refractivity contribution in [2.24, 2.45) is 0 Å². The van der Waals surface area contributed by atoms with Crippen molar-refractivity contribution in [2.75, 3.05) is 6.61 Å². The van der Waals surface area contributed by atoms with Crippen molar-refractivity contribution in [2.45, 2.75) is 46.2 Å². The lowest BCUT2D eigenvalue weighted by Crippen LogP contribution is -2.27. The molecule has 2 aliphatic rings. The number of hydrogen-bond donors (Lipinski definition) is 2. The number of aromatic carboxylic acids is 1. The van der Waals surface area contributed by atoms with Crippen molar-refractivity contribution in [3.63, 3.8) is 0 Å². The number of nitrogens with zero attached hydrogens (tertiary/aromatic N) is 8. The summed E-state index contributed by atoms with van der Waals surface area (Å²) in [6.45, 7) is 2.70. The molecule has 15 nitrogen and oxygen atoms in total. The number of hydrogen-bond acceptors (Lipinski definition) is 14. The standard InChI is InChI=1S/C47H38Cl2N8O7/c1-2-63-47(62)28-9-10-33(46(60)61)34(17-28)41-35-18-39(48)42(58)37(26-56(22-29-7-3-5-11-52-29)24-31-20-50-13-15-54-31)44(35)64-45-36(41)19-40(49)43(59)38(45)27-57(23-30-8-4-6-12-53-30)25-32-21-51-14-16-55-32/h3-21,58H,2,22-27H2,1H3,(H,60,61). The molecule has 0 spiro atoms. The predicted molar refractivity (Wildman–Crippen MR) is 238 cm³/mol. The van der Waals surface area contributed by atoms with E-state index in [0.29, 0.717) is 22.8 Å². The summed E-state index contributed by atoms with van der Waals surface area (Å²) in [5, 5.41) is 22.6. The molecule has 64 heavy (non-hydrogen) atoms. The van der Waals surface area contributed by atoms with Crippen LogP contribution in [0.3, 0.4) is 0 Å². The van der Waals surface area contributed by atoms with Crippen LogP contribution >= 0.6 is 23.2 Å². The number of phenols is 1. The Kier molecular flexibility index (Phi) is 13.2. The summed E-state index contributed by atoms with van der Waals surface area (Å²) >= 11 is 13.8. The van der Waals surface area contributed by atoms with Crippen molar-refractivity contribution in [3.05, 3.63) is 182 Å². The topological polar surface area (TPSA) is 198 Å². The number of ether oxygens (including phenoxy) is 1. The molecule has 1 aliphatic carbocycles. The van der Waals surface area contributed by atoms with Gasteiger partial charge in [0.15, 0.2) is 0 Å². The van der Waals surface area contributed by atoms with Gasteiger partial charge in [0.2, 0.25) is 5.43 Å². The number of halogens is 2. The van der Waals surface area contributed by atoms with Crippen LogP contribution in [-0.4, -0.2) is 68.5 Å². The van der Waals surface area contributed by atoms with Gasteiger partial charge in [-0.15, -0.1) is 0 Å². The number of benzene rings is 3. The molecule has 0 amide bonds. The van der Waals surface area contributed by atoms with E-state index in [1.807, 2.05) is 34.1 Å². The monoisotopic (exact) mass is 896 g/mol. The second kappa shape index (κ2) is 19.5. The molecule has 0 atom stereocenters. The van der Waals surface area contributed by atoms with E-state index in [1.54, 1.807) is 68.6 Å². The summed E-state index contributed by atoms with van der Waals surface area (Å²) in [6.07, 6.45) is 12.9. The van der Waals surface area contributed by atoms with Crippen LogP contribution in [0.1, 0.15) is 61.5 Å². The minimum atomic E-state index is -1.31. The zero-order valence-corrected chi connectivity index (χ0v) is 35.7. The van der Waals surface area contributed by atoms with Gasteiger partial charge < -0.3 is 19.4 Å². The fourth-order valence-corrected chi connectivity index (χ4v) is 8.01. The molecule has 8 rings (SSSR count). The first-order valence-electron chi connectivity index (χ1n) is 20.0. The molecule has 17 heteroatoms. The number of rotatable bonds is 16. The van der Waals surface area contributed by atoms with Gasteiger partial charge in [-0.25, -0.2) is 9.59 Å². The molecule has 0 radical (unpaired) electrons. The molecule has 0 saturated carbocycles. The zero-order chi connectivity index (χ0) is 44.7. The molecule has 2 N–H and O–H groups in total. The average Bonchev–Trinajstić information content (AvgIpc) is 3.30. The largest absolute Gasteiger partial charge is 0.506 e. The van der Waals surface area contributed by atoms with Crippen LogP contribution in [0.15, 0.2) is 126 Å². The first-order valence-corrected chi connectivity index (χ1v) is 20.7. The number of carbonyl (C=O) groups excluding carboxylic acids is 1. The minimum absolute atomic E-state index is 0.00915. The lowest BCUT2D eigenvalue weighted by atomic mass is 9.87. The lowest BCUT2D eigenvalue weighted by molar-refractivity contribution is 0.0525. The third-order valence-electron chi connectivity index (χ3n) is 10.3. The molecule has 322 valence electrons. The number of aromatic hydroxyl groups is 1. The third-order valence-corrected chi connectivity index (χ3v) is 10.9. The number of pyridine rings is 2. The van der Waals surface area contributed by atoms with Crippen molar-refractivity contribution < 1.29 is 29.0 Å². The molecule has 0 fully saturated rings. The molecule has 0 saturated heterocycles. The molecule has 1 aliphatic heterocycles. The summed E-state index contributed by atoms with van der Waals surface area (Å²) in [6, 6.07) is 18.0.